The Bertz CT molecular complexity index is 535. The maximum atomic E-state index is 14.0. The normalized spacial score (nSPS) is 10.6. The molecule has 0 unspecified atom stereocenters. The van der Waals surface area contributed by atoms with Gasteiger partial charge in [-0.15, -0.1) is 0 Å². The Hall–Kier alpha value is -1.91. The minimum Gasteiger partial charge on any atom is -0.486 e. The Kier molecular flexibility index (Phi) is 5.09. The molecule has 0 saturated heterocycles. The summed E-state index contributed by atoms with van der Waals surface area (Å²) in [6.07, 6.45) is 0.577. The summed E-state index contributed by atoms with van der Waals surface area (Å²) in [6.45, 7) is 2.54. The van der Waals surface area contributed by atoms with E-state index in [0.717, 1.165) is 16.7 Å². The molecule has 3 nitrogen and oxygen atoms in total. The zero-order valence-corrected chi connectivity index (χ0v) is 11.4. The molecule has 0 heterocycles. The van der Waals surface area contributed by atoms with E-state index in [1.54, 1.807) is 0 Å². The molecule has 0 bridgehead atoms. The molecule has 0 radical (unpaired) electrons. The molecule has 4 heteroatoms. The van der Waals surface area contributed by atoms with Crippen LogP contribution < -0.4 is 10.6 Å². The Balaban J connectivity index is 2.08. The van der Waals surface area contributed by atoms with Crippen LogP contribution in [0.1, 0.15) is 16.7 Å². The van der Waals surface area contributed by atoms with Crippen molar-refractivity contribution in [1.29, 1.82) is 0 Å². The van der Waals surface area contributed by atoms with Gasteiger partial charge in [-0.3, -0.25) is 0 Å². The largest absolute Gasteiger partial charge is 0.486 e. The van der Waals surface area contributed by atoms with Crippen molar-refractivity contribution < 1.29 is 14.0 Å². The van der Waals surface area contributed by atoms with Gasteiger partial charge in [0, 0.05) is 0 Å². The lowest BCUT2D eigenvalue weighted by molar-refractivity contribution is 0.141. The van der Waals surface area contributed by atoms with Crippen molar-refractivity contribution in [1.82, 2.24) is 0 Å². The quantitative estimate of drug-likeness (QED) is 0.824. The van der Waals surface area contributed by atoms with Crippen LogP contribution in [0.2, 0.25) is 0 Å². The summed E-state index contributed by atoms with van der Waals surface area (Å²) in [4.78, 5) is 4.51. The fraction of sp³-hybridized carbons (Fsp3) is 0.250. The van der Waals surface area contributed by atoms with Crippen molar-refractivity contribution in [3.05, 3.63) is 65.0 Å². The van der Waals surface area contributed by atoms with E-state index in [2.05, 4.69) is 4.84 Å². The van der Waals surface area contributed by atoms with Crippen molar-refractivity contribution in [2.24, 2.45) is 5.90 Å². The highest BCUT2D eigenvalue weighted by Crippen LogP contribution is 2.25. The van der Waals surface area contributed by atoms with Gasteiger partial charge >= 0.3 is 0 Å². The fourth-order valence-corrected chi connectivity index (χ4v) is 2.04. The summed E-state index contributed by atoms with van der Waals surface area (Å²) in [7, 11) is 0. The Morgan fingerprint density at radius 2 is 1.85 bits per heavy atom. The number of halogens is 1. The Labute approximate surface area is 118 Å². The van der Waals surface area contributed by atoms with E-state index < -0.39 is 0 Å². The van der Waals surface area contributed by atoms with E-state index in [4.69, 9.17) is 10.6 Å². The first kappa shape index (κ1) is 14.5. The van der Waals surface area contributed by atoms with Gasteiger partial charge < -0.3 is 9.57 Å². The predicted molar refractivity (Wildman–Crippen MR) is 75.8 cm³/mol. The number of aryl methyl sites for hydroxylation is 1. The van der Waals surface area contributed by atoms with Crippen LogP contribution in [0.25, 0.3) is 0 Å². The summed E-state index contributed by atoms with van der Waals surface area (Å²) in [5.74, 6) is 4.92. The van der Waals surface area contributed by atoms with Crippen LogP contribution in [0.15, 0.2) is 42.5 Å². The van der Waals surface area contributed by atoms with Crippen molar-refractivity contribution in [3.8, 4) is 5.75 Å². The average molecular weight is 275 g/mol. The van der Waals surface area contributed by atoms with Crippen molar-refractivity contribution >= 4 is 0 Å². The number of ether oxygens (including phenoxy) is 1. The number of nitrogens with two attached hydrogens (primary N) is 1. The molecule has 20 heavy (non-hydrogen) atoms. The highest BCUT2D eigenvalue weighted by atomic mass is 19.1. The van der Waals surface area contributed by atoms with E-state index >= 15 is 0 Å². The number of benzene rings is 2. The maximum Gasteiger partial charge on any atom is 0.165 e. The van der Waals surface area contributed by atoms with Crippen molar-refractivity contribution in [2.45, 2.75) is 20.0 Å². The molecule has 2 aromatic rings. The van der Waals surface area contributed by atoms with E-state index in [0.29, 0.717) is 25.4 Å². The van der Waals surface area contributed by atoms with Gasteiger partial charge in [0.2, 0.25) is 0 Å². The molecule has 2 rings (SSSR count). The topological polar surface area (TPSA) is 44.5 Å². The van der Waals surface area contributed by atoms with E-state index in [9.17, 15) is 4.39 Å². The maximum absolute atomic E-state index is 14.0. The van der Waals surface area contributed by atoms with Gasteiger partial charge in [0.15, 0.2) is 11.6 Å². The molecule has 0 spiro atoms. The lowest BCUT2D eigenvalue weighted by Crippen LogP contribution is -2.05. The lowest BCUT2D eigenvalue weighted by atomic mass is 10.1. The molecule has 106 valence electrons. The molecular weight excluding hydrogens is 257 g/mol. The summed E-state index contributed by atoms with van der Waals surface area (Å²) in [6, 6.07) is 13.0. The molecule has 0 aliphatic heterocycles. The highest BCUT2D eigenvalue weighted by Gasteiger charge is 2.10. The molecule has 0 atom stereocenters. The molecule has 0 aliphatic carbocycles. The predicted octanol–water partition coefficient (Wildman–Crippen LogP) is 3.15. The van der Waals surface area contributed by atoms with Crippen molar-refractivity contribution in [3.63, 3.8) is 0 Å². The van der Waals surface area contributed by atoms with Crippen LogP contribution in [0.5, 0.6) is 5.75 Å². The van der Waals surface area contributed by atoms with E-state index in [1.807, 2.05) is 43.3 Å². The van der Waals surface area contributed by atoms with Crippen LogP contribution in [0, 0.1) is 12.7 Å². The molecule has 0 aromatic heterocycles. The molecular formula is C16H18FNO2. The summed E-state index contributed by atoms with van der Waals surface area (Å²) in [5.41, 5.74) is 2.62. The first-order valence-corrected chi connectivity index (χ1v) is 6.48. The smallest absolute Gasteiger partial charge is 0.165 e. The van der Waals surface area contributed by atoms with Gasteiger partial charge in [0.05, 0.1) is 6.61 Å². The monoisotopic (exact) mass is 275 g/mol. The molecule has 0 saturated carbocycles. The summed E-state index contributed by atoms with van der Waals surface area (Å²) in [5, 5.41) is 0. The second-order valence-corrected chi connectivity index (χ2v) is 4.62. The Morgan fingerprint density at radius 3 is 2.50 bits per heavy atom. The van der Waals surface area contributed by atoms with Crippen LogP contribution in [-0.2, 0) is 17.9 Å². The fourth-order valence-electron chi connectivity index (χ4n) is 2.04. The standard InChI is InChI=1S/C16H18FNO2/c1-12-9-14(7-8-20-18)10-15(17)16(12)19-11-13-5-3-2-4-6-13/h2-6,9-10H,7-8,11,18H2,1H3. The zero-order chi connectivity index (χ0) is 14.4. The minimum atomic E-state index is -0.354. The zero-order valence-electron chi connectivity index (χ0n) is 11.4. The second-order valence-electron chi connectivity index (χ2n) is 4.62. The van der Waals surface area contributed by atoms with Crippen LogP contribution in [-0.4, -0.2) is 6.61 Å². The van der Waals surface area contributed by atoms with Gasteiger partial charge in [0.1, 0.15) is 6.61 Å². The van der Waals surface area contributed by atoms with Crippen molar-refractivity contribution in [2.75, 3.05) is 6.61 Å². The SMILES string of the molecule is Cc1cc(CCON)cc(F)c1OCc1ccccc1. The second kappa shape index (κ2) is 7.03. The first-order chi connectivity index (χ1) is 9.70. The van der Waals surface area contributed by atoms with Crippen LogP contribution in [0.3, 0.4) is 0 Å². The molecule has 2 N–H and O–H groups in total. The van der Waals surface area contributed by atoms with Crippen LogP contribution >= 0.6 is 0 Å². The van der Waals surface area contributed by atoms with Gasteiger partial charge in [0.25, 0.3) is 0 Å². The van der Waals surface area contributed by atoms with Gasteiger partial charge in [-0.25, -0.2) is 10.3 Å². The molecule has 2 aromatic carbocycles. The third kappa shape index (κ3) is 3.79. The summed E-state index contributed by atoms with van der Waals surface area (Å²) < 4.78 is 19.6. The Morgan fingerprint density at radius 1 is 1.10 bits per heavy atom. The van der Waals surface area contributed by atoms with E-state index in [-0.39, 0.29) is 5.82 Å². The molecule has 0 fully saturated rings. The average Bonchev–Trinajstić information content (AvgIpc) is 2.45. The first-order valence-electron chi connectivity index (χ1n) is 6.48. The number of hydrogen-bond acceptors (Lipinski definition) is 3. The van der Waals surface area contributed by atoms with Gasteiger partial charge in [-0.05, 0) is 36.1 Å². The molecule has 0 amide bonds. The van der Waals surface area contributed by atoms with Gasteiger partial charge in [-0.1, -0.05) is 36.4 Å². The van der Waals surface area contributed by atoms with Gasteiger partial charge in [-0.2, -0.15) is 0 Å². The molecule has 0 aliphatic rings. The minimum absolute atomic E-state index is 0.297. The third-order valence-corrected chi connectivity index (χ3v) is 3.02. The third-order valence-electron chi connectivity index (χ3n) is 3.02. The van der Waals surface area contributed by atoms with Crippen LogP contribution in [0.4, 0.5) is 4.39 Å². The lowest BCUT2D eigenvalue weighted by Gasteiger charge is -2.12. The number of hydrogen-bond donors (Lipinski definition) is 1. The number of rotatable bonds is 6. The highest BCUT2D eigenvalue weighted by molar-refractivity contribution is 5.38. The summed E-state index contributed by atoms with van der Waals surface area (Å²) >= 11 is 0. The van der Waals surface area contributed by atoms with E-state index in [1.165, 1.54) is 6.07 Å².